The van der Waals surface area contributed by atoms with Crippen molar-refractivity contribution in [1.82, 2.24) is 10.3 Å². The molecule has 0 aliphatic heterocycles. The molecule has 0 aliphatic rings. The van der Waals surface area contributed by atoms with Crippen LogP contribution in [0.3, 0.4) is 0 Å². The monoisotopic (exact) mass is 247 g/mol. The quantitative estimate of drug-likeness (QED) is 0.871. The molecule has 0 bridgehead atoms. The maximum atomic E-state index is 12.0. The van der Waals surface area contributed by atoms with Crippen molar-refractivity contribution in [3.63, 3.8) is 0 Å². The van der Waals surface area contributed by atoms with Gasteiger partial charge in [-0.1, -0.05) is 0 Å². The van der Waals surface area contributed by atoms with Crippen molar-refractivity contribution in [3.8, 4) is 0 Å². The van der Waals surface area contributed by atoms with Gasteiger partial charge >= 0.3 is 0 Å². The Morgan fingerprint density at radius 2 is 2.11 bits per heavy atom. The number of nitrogens with one attached hydrogen (secondary N) is 2. The summed E-state index contributed by atoms with van der Waals surface area (Å²) >= 11 is 0. The van der Waals surface area contributed by atoms with Gasteiger partial charge in [0.1, 0.15) is 5.52 Å². The highest BCUT2D eigenvalue weighted by Gasteiger charge is 2.25. The predicted molar refractivity (Wildman–Crippen MR) is 70.5 cm³/mol. The average molecular weight is 247 g/mol. The molecule has 1 aromatic carbocycles. The van der Waals surface area contributed by atoms with E-state index >= 15 is 0 Å². The van der Waals surface area contributed by atoms with Gasteiger partial charge in [-0.25, -0.2) is 4.98 Å². The first-order chi connectivity index (χ1) is 8.42. The van der Waals surface area contributed by atoms with E-state index in [0.29, 0.717) is 17.2 Å². The van der Waals surface area contributed by atoms with Gasteiger partial charge in [-0.3, -0.25) is 4.79 Å². The third-order valence-electron chi connectivity index (χ3n) is 2.95. The number of hydrogen-bond donors (Lipinski definition) is 2. The molecular formula is C13H17N3O2. The Morgan fingerprint density at radius 3 is 2.78 bits per heavy atom. The van der Waals surface area contributed by atoms with Crippen molar-refractivity contribution in [3.05, 3.63) is 24.1 Å². The minimum Gasteiger partial charge on any atom is -0.441 e. The van der Waals surface area contributed by atoms with E-state index in [1.807, 2.05) is 26.0 Å². The number of carbonyl (C=O) groups is 1. The number of fused-ring (bicyclic) bond motifs is 1. The molecule has 1 aromatic heterocycles. The molecule has 2 N–H and O–H groups in total. The van der Waals surface area contributed by atoms with E-state index in [1.54, 1.807) is 20.0 Å². The predicted octanol–water partition coefficient (Wildman–Crippen LogP) is 2.07. The van der Waals surface area contributed by atoms with Gasteiger partial charge in [0.2, 0.25) is 5.91 Å². The molecule has 2 aromatic rings. The Balaban J connectivity index is 2.24. The summed E-state index contributed by atoms with van der Waals surface area (Å²) in [6, 6.07) is 5.42. The summed E-state index contributed by atoms with van der Waals surface area (Å²) in [7, 11) is 1.75. The van der Waals surface area contributed by atoms with Crippen LogP contribution in [0.4, 0.5) is 5.69 Å². The molecule has 5 heteroatoms. The second-order valence-electron chi connectivity index (χ2n) is 4.74. The number of anilines is 1. The van der Waals surface area contributed by atoms with Gasteiger partial charge in [0.05, 0.1) is 5.54 Å². The fourth-order valence-corrected chi connectivity index (χ4v) is 1.52. The highest BCUT2D eigenvalue weighted by Crippen LogP contribution is 2.20. The number of aromatic nitrogens is 1. The number of amides is 1. The van der Waals surface area contributed by atoms with Gasteiger partial charge in [0.15, 0.2) is 11.5 Å². The number of benzene rings is 1. The Morgan fingerprint density at radius 1 is 1.39 bits per heavy atom. The molecule has 0 unspecified atom stereocenters. The Labute approximate surface area is 106 Å². The second kappa shape index (κ2) is 4.42. The van der Waals surface area contributed by atoms with Crippen molar-refractivity contribution in [2.75, 3.05) is 12.4 Å². The number of likely N-dealkylation sites (N-methyl/N-ethyl adjacent to an activating group) is 1. The van der Waals surface area contributed by atoms with Crippen LogP contribution in [0.2, 0.25) is 0 Å². The molecule has 5 nitrogen and oxygen atoms in total. The van der Waals surface area contributed by atoms with Crippen molar-refractivity contribution in [2.24, 2.45) is 0 Å². The molecular weight excluding hydrogens is 230 g/mol. The van der Waals surface area contributed by atoms with Crippen molar-refractivity contribution >= 4 is 22.7 Å². The molecule has 2 rings (SSSR count). The van der Waals surface area contributed by atoms with Crippen LogP contribution in [0.5, 0.6) is 0 Å². The largest absolute Gasteiger partial charge is 0.441 e. The van der Waals surface area contributed by atoms with Crippen LogP contribution in [-0.4, -0.2) is 23.5 Å². The summed E-state index contributed by atoms with van der Waals surface area (Å²) in [6.07, 6.45) is 0. The summed E-state index contributed by atoms with van der Waals surface area (Å²) in [5.74, 6) is 0.518. The lowest BCUT2D eigenvalue weighted by molar-refractivity contribution is -0.121. The third-order valence-corrected chi connectivity index (χ3v) is 2.95. The van der Waals surface area contributed by atoms with E-state index in [2.05, 4.69) is 15.6 Å². The Bertz CT molecular complexity index is 587. The van der Waals surface area contributed by atoms with E-state index in [0.717, 1.165) is 5.52 Å². The molecule has 0 aliphatic carbocycles. The zero-order valence-electron chi connectivity index (χ0n) is 11.0. The summed E-state index contributed by atoms with van der Waals surface area (Å²) in [5.41, 5.74) is 1.55. The smallest absolute Gasteiger partial charge is 0.244 e. The zero-order chi connectivity index (χ0) is 13.3. The van der Waals surface area contributed by atoms with Crippen LogP contribution in [-0.2, 0) is 4.79 Å². The fraction of sp³-hybridized carbons (Fsp3) is 0.385. The molecule has 0 radical (unpaired) electrons. The van der Waals surface area contributed by atoms with Crippen molar-refractivity contribution < 1.29 is 9.21 Å². The topological polar surface area (TPSA) is 67.2 Å². The van der Waals surface area contributed by atoms with Crippen LogP contribution in [0.1, 0.15) is 19.7 Å². The Hall–Kier alpha value is -1.88. The van der Waals surface area contributed by atoms with Crippen LogP contribution >= 0.6 is 0 Å². The third kappa shape index (κ3) is 2.36. The van der Waals surface area contributed by atoms with Gasteiger partial charge < -0.3 is 15.1 Å². The van der Waals surface area contributed by atoms with Crippen molar-refractivity contribution in [2.45, 2.75) is 26.3 Å². The van der Waals surface area contributed by atoms with Gasteiger partial charge in [0.25, 0.3) is 0 Å². The van der Waals surface area contributed by atoms with E-state index < -0.39 is 5.54 Å². The molecule has 0 saturated carbocycles. The SMILES string of the molecule is CNC(C)(C)C(=O)Nc1ccc2nc(C)oc2c1. The normalized spacial score (nSPS) is 11.8. The van der Waals surface area contributed by atoms with E-state index in [4.69, 9.17) is 4.42 Å². The lowest BCUT2D eigenvalue weighted by atomic mass is 10.1. The lowest BCUT2D eigenvalue weighted by Crippen LogP contribution is -2.47. The average Bonchev–Trinajstić information content (AvgIpc) is 2.68. The number of rotatable bonds is 3. The molecule has 0 atom stereocenters. The molecule has 0 fully saturated rings. The summed E-state index contributed by atoms with van der Waals surface area (Å²) in [4.78, 5) is 16.2. The second-order valence-corrected chi connectivity index (χ2v) is 4.74. The number of carbonyl (C=O) groups excluding carboxylic acids is 1. The number of oxazole rings is 1. The molecule has 0 saturated heterocycles. The van der Waals surface area contributed by atoms with Gasteiger partial charge in [-0.15, -0.1) is 0 Å². The van der Waals surface area contributed by atoms with E-state index in [9.17, 15) is 4.79 Å². The Kier molecular flexibility index (Phi) is 3.09. The van der Waals surface area contributed by atoms with E-state index in [1.165, 1.54) is 0 Å². The number of nitrogens with zero attached hydrogens (tertiary/aromatic N) is 1. The zero-order valence-corrected chi connectivity index (χ0v) is 11.0. The van der Waals surface area contributed by atoms with Gasteiger partial charge in [-0.05, 0) is 33.0 Å². The van der Waals surface area contributed by atoms with Crippen LogP contribution < -0.4 is 10.6 Å². The van der Waals surface area contributed by atoms with Gasteiger partial charge in [0, 0.05) is 18.7 Å². The van der Waals surface area contributed by atoms with Crippen LogP contribution in [0.15, 0.2) is 22.6 Å². The maximum Gasteiger partial charge on any atom is 0.244 e. The number of aryl methyl sites for hydroxylation is 1. The molecule has 1 amide bonds. The summed E-state index contributed by atoms with van der Waals surface area (Å²) in [6.45, 7) is 5.43. The van der Waals surface area contributed by atoms with Crippen LogP contribution in [0.25, 0.3) is 11.1 Å². The number of hydrogen-bond acceptors (Lipinski definition) is 4. The molecule has 1 heterocycles. The highest BCUT2D eigenvalue weighted by atomic mass is 16.3. The first kappa shape index (κ1) is 12.6. The first-order valence-electron chi connectivity index (χ1n) is 5.80. The summed E-state index contributed by atoms with van der Waals surface area (Å²) < 4.78 is 5.42. The molecule has 96 valence electrons. The highest BCUT2D eigenvalue weighted by molar-refractivity contribution is 5.98. The summed E-state index contributed by atoms with van der Waals surface area (Å²) in [5, 5.41) is 5.80. The molecule has 0 spiro atoms. The lowest BCUT2D eigenvalue weighted by Gasteiger charge is -2.22. The maximum absolute atomic E-state index is 12.0. The van der Waals surface area contributed by atoms with E-state index in [-0.39, 0.29) is 5.91 Å². The van der Waals surface area contributed by atoms with Crippen molar-refractivity contribution in [1.29, 1.82) is 0 Å². The van der Waals surface area contributed by atoms with Crippen LogP contribution in [0, 0.1) is 6.92 Å². The first-order valence-corrected chi connectivity index (χ1v) is 5.80. The fourth-order valence-electron chi connectivity index (χ4n) is 1.52. The minimum atomic E-state index is -0.619. The minimum absolute atomic E-state index is 0.0967. The standard InChI is InChI=1S/C13H17N3O2/c1-8-15-10-6-5-9(7-11(10)18-8)16-12(17)13(2,3)14-4/h5-7,14H,1-4H3,(H,16,17). The molecule has 18 heavy (non-hydrogen) atoms. The van der Waals surface area contributed by atoms with Gasteiger partial charge in [-0.2, -0.15) is 0 Å².